The van der Waals surface area contributed by atoms with Crippen LogP contribution in [0.1, 0.15) is 11.1 Å². The number of non-ortho nitro benzene ring substituents is 1. The smallest absolute Gasteiger partial charge is 0.349 e. The van der Waals surface area contributed by atoms with Crippen molar-refractivity contribution in [3.05, 3.63) is 62.1 Å². The van der Waals surface area contributed by atoms with Crippen molar-refractivity contribution in [3.63, 3.8) is 0 Å². The second-order valence-electron chi connectivity index (χ2n) is 4.90. The Morgan fingerprint density at radius 1 is 1.17 bits per heavy atom. The van der Waals surface area contributed by atoms with Gasteiger partial charge < -0.3 is 9.47 Å². The molecular formula is C16H14BrNO5. The quantitative estimate of drug-likeness (QED) is 0.340. The second-order valence-corrected chi connectivity index (χ2v) is 5.76. The summed E-state index contributed by atoms with van der Waals surface area (Å²) in [6.07, 6.45) is 0. The van der Waals surface area contributed by atoms with Gasteiger partial charge in [-0.1, -0.05) is 6.07 Å². The third kappa shape index (κ3) is 4.53. The molecule has 0 unspecified atom stereocenters. The Kier molecular flexibility index (Phi) is 5.33. The lowest BCUT2D eigenvalue weighted by atomic mass is 10.2. The van der Waals surface area contributed by atoms with Gasteiger partial charge in [0, 0.05) is 12.1 Å². The molecular weight excluding hydrogens is 366 g/mol. The molecule has 0 amide bonds. The van der Waals surface area contributed by atoms with Crippen molar-refractivity contribution >= 4 is 27.6 Å². The van der Waals surface area contributed by atoms with E-state index in [2.05, 4.69) is 15.9 Å². The minimum atomic E-state index is -0.563. The maximum atomic E-state index is 11.8. The van der Waals surface area contributed by atoms with Crippen LogP contribution in [0.25, 0.3) is 0 Å². The molecule has 0 aliphatic heterocycles. The first-order valence-electron chi connectivity index (χ1n) is 6.71. The molecule has 6 nitrogen and oxygen atoms in total. The summed E-state index contributed by atoms with van der Waals surface area (Å²) in [4.78, 5) is 22.0. The number of halogens is 1. The van der Waals surface area contributed by atoms with Crippen LogP contribution < -0.4 is 9.47 Å². The first kappa shape index (κ1) is 17.0. The van der Waals surface area contributed by atoms with E-state index in [1.165, 1.54) is 18.2 Å². The summed E-state index contributed by atoms with van der Waals surface area (Å²) in [6.45, 7) is 3.31. The van der Waals surface area contributed by atoms with Gasteiger partial charge in [-0.05, 0) is 59.1 Å². The van der Waals surface area contributed by atoms with Crippen molar-refractivity contribution < 1.29 is 19.2 Å². The maximum Gasteiger partial charge on any atom is 0.349 e. The number of hydrogen-bond acceptors (Lipinski definition) is 5. The molecule has 0 aromatic heterocycles. The van der Waals surface area contributed by atoms with Gasteiger partial charge in [0.25, 0.3) is 5.69 Å². The fraction of sp³-hybridized carbons (Fsp3) is 0.188. The molecule has 0 aliphatic rings. The van der Waals surface area contributed by atoms with Gasteiger partial charge >= 0.3 is 5.97 Å². The summed E-state index contributed by atoms with van der Waals surface area (Å²) in [5, 5.41) is 10.7. The molecule has 7 heteroatoms. The zero-order valence-corrected chi connectivity index (χ0v) is 14.1. The second kappa shape index (κ2) is 7.23. The molecule has 2 aromatic carbocycles. The third-order valence-corrected chi connectivity index (χ3v) is 3.65. The van der Waals surface area contributed by atoms with E-state index in [0.29, 0.717) is 21.5 Å². The summed E-state index contributed by atoms with van der Waals surface area (Å²) in [5.74, 6) is 0.243. The number of carbonyl (C=O) groups is 1. The zero-order chi connectivity index (χ0) is 17.0. The van der Waals surface area contributed by atoms with E-state index in [-0.39, 0.29) is 12.3 Å². The highest BCUT2D eigenvalue weighted by molar-refractivity contribution is 9.10. The fourth-order valence-electron chi connectivity index (χ4n) is 1.89. The zero-order valence-electron chi connectivity index (χ0n) is 12.5. The number of ether oxygens (including phenoxy) is 2. The number of benzene rings is 2. The molecule has 0 saturated carbocycles. The molecule has 0 N–H and O–H groups in total. The molecule has 0 spiro atoms. The Bertz CT molecular complexity index is 760. The predicted molar refractivity (Wildman–Crippen MR) is 87.8 cm³/mol. The molecule has 0 saturated heterocycles. The van der Waals surface area contributed by atoms with Crippen LogP contribution in [0.15, 0.2) is 40.9 Å². The van der Waals surface area contributed by atoms with Gasteiger partial charge in [-0.3, -0.25) is 10.1 Å². The molecule has 120 valence electrons. The Morgan fingerprint density at radius 2 is 1.87 bits per heavy atom. The predicted octanol–water partition coefficient (Wildman–Crippen LogP) is 3.96. The molecule has 0 atom stereocenters. The summed E-state index contributed by atoms with van der Waals surface area (Å²) in [7, 11) is 0. The first-order valence-corrected chi connectivity index (χ1v) is 7.51. The Labute approximate surface area is 141 Å². The number of carbonyl (C=O) groups excluding carboxylic acids is 1. The number of esters is 1. The van der Waals surface area contributed by atoms with Gasteiger partial charge in [-0.25, -0.2) is 4.79 Å². The highest BCUT2D eigenvalue weighted by Crippen LogP contribution is 2.26. The maximum absolute atomic E-state index is 11.8. The van der Waals surface area contributed by atoms with Crippen LogP contribution >= 0.6 is 15.9 Å². The Balaban J connectivity index is 1.98. The van der Waals surface area contributed by atoms with Crippen LogP contribution in [0.2, 0.25) is 0 Å². The largest absolute Gasteiger partial charge is 0.482 e. The van der Waals surface area contributed by atoms with Crippen LogP contribution in [-0.2, 0) is 4.79 Å². The summed E-state index contributed by atoms with van der Waals surface area (Å²) in [5.41, 5.74) is 1.58. The van der Waals surface area contributed by atoms with E-state index in [9.17, 15) is 14.9 Å². The van der Waals surface area contributed by atoms with Gasteiger partial charge in [0.05, 0.1) is 9.40 Å². The van der Waals surface area contributed by atoms with Crippen molar-refractivity contribution in [1.82, 2.24) is 0 Å². The minimum absolute atomic E-state index is 0.0268. The van der Waals surface area contributed by atoms with E-state index >= 15 is 0 Å². The molecule has 2 rings (SSSR count). The van der Waals surface area contributed by atoms with E-state index < -0.39 is 10.9 Å². The first-order chi connectivity index (χ1) is 10.9. The van der Waals surface area contributed by atoms with Gasteiger partial charge in [0.15, 0.2) is 6.61 Å². The van der Waals surface area contributed by atoms with E-state index in [1.54, 1.807) is 13.0 Å². The lowest BCUT2D eigenvalue weighted by Gasteiger charge is -2.10. The van der Waals surface area contributed by atoms with Gasteiger partial charge in [0.2, 0.25) is 0 Å². The summed E-state index contributed by atoms with van der Waals surface area (Å²) >= 11 is 3.32. The highest BCUT2D eigenvalue weighted by Gasteiger charge is 2.12. The average molecular weight is 380 g/mol. The molecule has 0 bridgehead atoms. The van der Waals surface area contributed by atoms with E-state index in [1.807, 2.05) is 19.1 Å². The fourth-order valence-corrected chi connectivity index (χ4v) is 2.46. The number of rotatable bonds is 5. The summed E-state index contributed by atoms with van der Waals surface area (Å²) in [6, 6.07) is 9.52. The minimum Gasteiger partial charge on any atom is -0.482 e. The molecule has 0 radical (unpaired) electrons. The van der Waals surface area contributed by atoms with Gasteiger partial charge in [0.1, 0.15) is 11.5 Å². The van der Waals surface area contributed by atoms with Gasteiger partial charge in [-0.2, -0.15) is 0 Å². The average Bonchev–Trinajstić information content (AvgIpc) is 2.48. The number of nitro benzene ring substituents is 1. The Hall–Kier alpha value is -2.41. The van der Waals surface area contributed by atoms with E-state index in [0.717, 1.165) is 5.56 Å². The van der Waals surface area contributed by atoms with E-state index in [4.69, 9.17) is 9.47 Å². The number of hydrogen-bond donors (Lipinski definition) is 0. The van der Waals surface area contributed by atoms with Crippen molar-refractivity contribution in [2.45, 2.75) is 13.8 Å². The highest BCUT2D eigenvalue weighted by atomic mass is 79.9. The van der Waals surface area contributed by atoms with Gasteiger partial charge in [-0.15, -0.1) is 0 Å². The number of nitro groups is 1. The molecule has 0 heterocycles. The lowest BCUT2D eigenvalue weighted by Crippen LogP contribution is -2.18. The Morgan fingerprint density at radius 3 is 2.48 bits per heavy atom. The van der Waals surface area contributed by atoms with Crippen LogP contribution in [0, 0.1) is 24.0 Å². The van der Waals surface area contributed by atoms with Crippen molar-refractivity contribution in [2.75, 3.05) is 6.61 Å². The molecule has 0 aliphatic carbocycles. The van der Waals surface area contributed by atoms with Crippen molar-refractivity contribution in [2.24, 2.45) is 0 Å². The van der Waals surface area contributed by atoms with Crippen LogP contribution in [0.4, 0.5) is 5.69 Å². The topological polar surface area (TPSA) is 78.7 Å². The van der Waals surface area contributed by atoms with Crippen molar-refractivity contribution in [3.8, 4) is 11.5 Å². The molecule has 23 heavy (non-hydrogen) atoms. The number of nitrogens with zero attached hydrogens (tertiary/aromatic N) is 1. The van der Waals surface area contributed by atoms with Crippen LogP contribution in [0.3, 0.4) is 0 Å². The normalized spacial score (nSPS) is 10.2. The van der Waals surface area contributed by atoms with Crippen LogP contribution in [-0.4, -0.2) is 17.5 Å². The monoisotopic (exact) mass is 379 g/mol. The van der Waals surface area contributed by atoms with Crippen molar-refractivity contribution in [1.29, 1.82) is 0 Å². The number of aryl methyl sites for hydroxylation is 2. The SMILES string of the molecule is Cc1ccc(OC(=O)COc2ccc([N+](=O)[O-])cc2C)c(Br)c1. The molecule has 0 fully saturated rings. The summed E-state index contributed by atoms with van der Waals surface area (Å²) < 4.78 is 11.2. The third-order valence-electron chi connectivity index (χ3n) is 3.03. The standard InChI is InChI=1S/C16H14BrNO5/c1-10-3-5-15(13(17)7-10)23-16(19)9-22-14-6-4-12(18(20)21)8-11(14)2/h3-8H,9H2,1-2H3. The van der Waals surface area contributed by atoms with Crippen LogP contribution in [0.5, 0.6) is 11.5 Å². The molecule has 2 aromatic rings. The lowest BCUT2D eigenvalue weighted by molar-refractivity contribution is -0.384.